The van der Waals surface area contributed by atoms with Crippen LogP contribution >= 0.6 is 23.2 Å². The molecular formula is C31H32Cl2N2O5S. The minimum atomic E-state index is -3.75. The summed E-state index contributed by atoms with van der Waals surface area (Å²) in [6, 6.07) is 20.6. The summed E-state index contributed by atoms with van der Waals surface area (Å²) in [5.41, 5.74) is 1.20. The molecule has 3 aromatic carbocycles. The van der Waals surface area contributed by atoms with Gasteiger partial charge in [-0.05, 0) is 59.9 Å². The van der Waals surface area contributed by atoms with Crippen molar-refractivity contribution in [1.82, 2.24) is 9.21 Å². The molecule has 1 N–H and O–H groups in total. The number of hydrogen-bond acceptors (Lipinski definition) is 4. The SMILES string of the molecule is CCC(CN1Cc2ccccc2S1(=O)=O)N1C(=O)C(C)(CC(=O)O)CC(c2cccc(Cl)c2)C1c1ccc(Cl)cc1. The van der Waals surface area contributed by atoms with E-state index < -0.39 is 33.5 Å². The third-order valence-corrected chi connectivity index (χ3v) is 10.7. The number of piperidine rings is 1. The zero-order chi connectivity index (χ0) is 29.5. The zero-order valence-corrected chi connectivity index (χ0v) is 25.2. The Hall–Kier alpha value is -2.91. The number of rotatable bonds is 8. The van der Waals surface area contributed by atoms with Crippen molar-refractivity contribution in [3.05, 3.63) is 99.5 Å². The lowest BCUT2D eigenvalue weighted by Gasteiger charge is -2.52. The molecule has 0 aliphatic carbocycles. The van der Waals surface area contributed by atoms with Gasteiger partial charge in [0.05, 0.1) is 22.8 Å². The summed E-state index contributed by atoms with van der Waals surface area (Å²) in [7, 11) is -3.75. The fraction of sp³-hybridized carbons (Fsp3) is 0.355. The minimum Gasteiger partial charge on any atom is -0.481 e. The molecule has 0 saturated carbocycles. The fourth-order valence-electron chi connectivity index (χ4n) is 6.39. The van der Waals surface area contributed by atoms with E-state index in [4.69, 9.17) is 23.2 Å². The summed E-state index contributed by atoms with van der Waals surface area (Å²) in [5.74, 6) is -1.68. The quantitative estimate of drug-likeness (QED) is 0.312. The highest BCUT2D eigenvalue weighted by Crippen LogP contribution is 2.52. The largest absolute Gasteiger partial charge is 0.481 e. The minimum absolute atomic E-state index is 0.0781. The van der Waals surface area contributed by atoms with Crippen molar-refractivity contribution in [2.75, 3.05) is 6.54 Å². The van der Waals surface area contributed by atoms with Crippen LogP contribution in [0.15, 0.2) is 77.7 Å². The van der Waals surface area contributed by atoms with Crippen molar-refractivity contribution in [3.8, 4) is 0 Å². The Labute approximate surface area is 250 Å². The molecule has 4 atom stereocenters. The number of hydrogen-bond donors (Lipinski definition) is 1. The van der Waals surface area contributed by atoms with Crippen molar-refractivity contribution in [2.24, 2.45) is 5.41 Å². The van der Waals surface area contributed by atoms with E-state index in [1.54, 1.807) is 48.2 Å². The smallest absolute Gasteiger partial charge is 0.304 e. The van der Waals surface area contributed by atoms with E-state index in [2.05, 4.69) is 0 Å². The van der Waals surface area contributed by atoms with Crippen molar-refractivity contribution in [1.29, 1.82) is 0 Å². The molecule has 3 aromatic rings. The highest BCUT2D eigenvalue weighted by atomic mass is 35.5. The molecule has 2 aliphatic heterocycles. The summed E-state index contributed by atoms with van der Waals surface area (Å²) in [5, 5.41) is 10.9. The molecule has 1 saturated heterocycles. The molecule has 4 unspecified atom stereocenters. The Morgan fingerprint density at radius 2 is 1.73 bits per heavy atom. The van der Waals surface area contributed by atoms with Crippen LogP contribution in [0.1, 0.15) is 61.8 Å². The van der Waals surface area contributed by atoms with E-state index in [0.29, 0.717) is 22.0 Å². The molecule has 2 heterocycles. The van der Waals surface area contributed by atoms with Gasteiger partial charge in [-0.1, -0.05) is 79.5 Å². The predicted molar refractivity (Wildman–Crippen MR) is 158 cm³/mol. The van der Waals surface area contributed by atoms with Gasteiger partial charge in [-0.2, -0.15) is 4.31 Å². The number of likely N-dealkylation sites (tertiary alicyclic amines) is 1. The van der Waals surface area contributed by atoms with E-state index in [1.807, 2.05) is 43.3 Å². The van der Waals surface area contributed by atoms with Gasteiger partial charge in [0.1, 0.15) is 0 Å². The van der Waals surface area contributed by atoms with Gasteiger partial charge in [0.25, 0.3) is 0 Å². The number of carbonyl (C=O) groups excluding carboxylic acids is 1. The van der Waals surface area contributed by atoms with Crippen LogP contribution < -0.4 is 0 Å². The summed E-state index contributed by atoms with van der Waals surface area (Å²) < 4.78 is 28.4. The first-order chi connectivity index (χ1) is 19.4. The Morgan fingerprint density at radius 1 is 1.02 bits per heavy atom. The Kier molecular flexibility index (Phi) is 8.23. The number of carboxylic acids is 1. The average Bonchev–Trinajstić information content (AvgIpc) is 3.18. The normalized spacial score (nSPS) is 24.7. The molecule has 1 fully saturated rings. The number of fused-ring (bicyclic) bond motifs is 1. The van der Waals surface area contributed by atoms with Crippen LogP contribution in [0.25, 0.3) is 0 Å². The Bertz CT molecular complexity index is 1580. The third-order valence-electron chi connectivity index (χ3n) is 8.35. The van der Waals surface area contributed by atoms with E-state index in [0.717, 1.165) is 11.1 Å². The standard InChI is InChI=1S/C31H32Cl2N2O5S/c1-3-25(19-34-18-22-7-4-5-10-27(22)41(34,39)40)35-29(20-11-13-23(32)14-12-20)26(21-8-6-9-24(33)15-21)16-31(2,30(35)38)17-28(36)37/h4-15,25-26,29H,3,16-19H2,1-2H3,(H,36,37). The van der Waals surface area contributed by atoms with Gasteiger partial charge in [0.15, 0.2) is 0 Å². The van der Waals surface area contributed by atoms with E-state index in [1.165, 1.54) is 4.31 Å². The number of amides is 1. The van der Waals surface area contributed by atoms with Crippen LogP contribution in [0, 0.1) is 5.41 Å². The lowest BCUT2D eigenvalue weighted by Crippen LogP contribution is -2.58. The number of carbonyl (C=O) groups is 2. The van der Waals surface area contributed by atoms with Crippen molar-refractivity contribution in [3.63, 3.8) is 0 Å². The van der Waals surface area contributed by atoms with Crippen LogP contribution in [-0.2, 0) is 26.2 Å². The summed E-state index contributed by atoms with van der Waals surface area (Å²) in [4.78, 5) is 28.5. The van der Waals surface area contributed by atoms with Crippen molar-refractivity contribution < 1.29 is 23.1 Å². The highest BCUT2D eigenvalue weighted by Gasteiger charge is 2.53. The van der Waals surface area contributed by atoms with E-state index >= 15 is 0 Å². The van der Waals surface area contributed by atoms with Crippen LogP contribution in [-0.4, -0.2) is 47.2 Å². The molecule has 41 heavy (non-hydrogen) atoms. The van der Waals surface area contributed by atoms with E-state index in [9.17, 15) is 23.1 Å². The lowest BCUT2D eigenvalue weighted by molar-refractivity contribution is -0.160. The first-order valence-electron chi connectivity index (χ1n) is 13.6. The second-order valence-electron chi connectivity index (χ2n) is 11.2. The van der Waals surface area contributed by atoms with Gasteiger partial charge in [0.2, 0.25) is 15.9 Å². The van der Waals surface area contributed by atoms with Gasteiger partial charge in [-0.3, -0.25) is 9.59 Å². The molecule has 2 aliphatic rings. The van der Waals surface area contributed by atoms with Gasteiger partial charge >= 0.3 is 5.97 Å². The lowest BCUT2D eigenvalue weighted by atomic mass is 9.67. The molecule has 0 radical (unpaired) electrons. The molecule has 5 rings (SSSR count). The predicted octanol–water partition coefficient (Wildman–Crippen LogP) is 6.51. The van der Waals surface area contributed by atoms with Crippen LogP contribution in [0.4, 0.5) is 0 Å². The average molecular weight is 616 g/mol. The second-order valence-corrected chi connectivity index (χ2v) is 14.0. The molecule has 10 heteroatoms. The molecule has 216 valence electrons. The molecule has 0 aromatic heterocycles. The summed E-state index contributed by atoms with van der Waals surface area (Å²) >= 11 is 12.6. The Balaban J connectivity index is 1.64. The fourth-order valence-corrected chi connectivity index (χ4v) is 8.39. The Morgan fingerprint density at radius 3 is 2.37 bits per heavy atom. The molecular weight excluding hydrogens is 583 g/mol. The maximum atomic E-state index is 14.5. The molecule has 0 bridgehead atoms. The van der Waals surface area contributed by atoms with Crippen molar-refractivity contribution >= 4 is 45.1 Å². The maximum absolute atomic E-state index is 14.5. The number of sulfonamides is 1. The number of nitrogens with zero attached hydrogens (tertiary/aromatic N) is 2. The number of halogens is 2. The highest BCUT2D eigenvalue weighted by molar-refractivity contribution is 7.89. The van der Waals surface area contributed by atoms with E-state index in [-0.39, 0.29) is 42.7 Å². The van der Waals surface area contributed by atoms with Crippen LogP contribution in [0.5, 0.6) is 0 Å². The van der Waals surface area contributed by atoms with Gasteiger partial charge in [0, 0.05) is 35.1 Å². The van der Waals surface area contributed by atoms with Gasteiger partial charge in [-0.25, -0.2) is 8.42 Å². The van der Waals surface area contributed by atoms with Gasteiger partial charge in [-0.15, -0.1) is 0 Å². The van der Waals surface area contributed by atoms with Crippen molar-refractivity contribution in [2.45, 2.75) is 62.6 Å². The summed E-state index contributed by atoms with van der Waals surface area (Å²) in [6.07, 6.45) is 0.395. The van der Waals surface area contributed by atoms with Crippen LogP contribution in [0.3, 0.4) is 0 Å². The monoisotopic (exact) mass is 614 g/mol. The first kappa shape index (κ1) is 29.6. The van der Waals surface area contributed by atoms with Gasteiger partial charge < -0.3 is 10.0 Å². The molecule has 1 amide bonds. The van der Waals surface area contributed by atoms with Crippen LogP contribution in [0.2, 0.25) is 10.0 Å². The zero-order valence-electron chi connectivity index (χ0n) is 22.8. The molecule has 0 spiro atoms. The first-order valence-corrected chi connectivity index (χ1v) is 15.8. The summed E-state index contributed by atoms with van der Waals surface area (Å²) in [6.45, 7) is 3.91. The number of benzene rings is 3. The number of carboxylic acid groups (broad SMARTS) is 1. The number of aliphatic carboxylic acids is 1. The maximum Gasteiger partial charge on any atom is 0.304 e. The molecule has 7 nitrogen and oxygen atoms in total. The second kappa shape index (κ2) is 11.4. The third kappa shape index (κ3) is 5.63. The topological polar surface area (TPSA) is 95.0 Å².